The molecule has 1 aliphatic rings. The Morgan fingerprint density at radius 1 is 1.36 bits per heavy atom. The molecular formula is C7H8ClNO2. The average Bonchev–Trinajstić information content (AvgIpc) is 2.29. The maximum atomic E-state index is 10.9. The number of nitrogens with zero attached hydrogens (tertiary/aromatic N) is 1. The van der Waals surface area contributed by atoms with Crippen molar-refractivity contribution in [3.63, 3.8) is 0 Å². The predicted molar refractivity (Wildman–Crippen MR) is 40.9 cm³/mol. The summed E-state index contributed by atoms with van der Waals surface area (Å²) < 4.78 is 0. The Balaban J connectivity index is 2.54. The van der Waals surface area contributed by atoms with Gasteiger partial charge in [-0.25, -0.2) is 0 Å². The highest BCUT2D eigenvalue weighted by Crippen LogP contribution is 2.10. The van der Waals surface area contributed by atoms with E-state index in [1.807, 2.05) is 0 Å². The Hall–Kier alpha value is -0.830. The maximum absolute atomic E-state index is 10.9. The number of amides is 2. The van der Waals surface area contributed by atoms with Gasteiger partial charge in [-0.1, -0.05) is 17.7 Å². The van der Waals surface area contributed by atoms with Gasteiger partial charge >= 0.3 is 0 Å². The number of imide groups is 1. The highest BCUT2D eigenvalue weighted by atomic mass is 35.5. The van der Waals surface area contributed by atoms with Crippen molar-refractivity contribution in [1.29, 1.82) is 0 Å². The fourth-order valence-corrected chi connectivity index (χ4v) is 1.05. The SMILES string of the molecule is O=C1CCC(=O)N1C/C=C/Cl. The van der Waals surface area contributed by atoms with Crippen LogP contribution in [-0.2, 0) is 9.59 Å². The monoisotopic (exact) mass is 173 g/mol. The van der Waals surface area contributed by atoms with E-state index in [9.17, 15) is 9.59 Å². The second-order valence-electron chi connectivity index (χ2n) is 2.26. The molecule has 1 heterocycles. The summed E-state index contributed by atoms with van der Waals surface area (Å²) in [6.07, 6.45) is 2.26. The van der Waals surface area contributed by atoms with E-state index < -0.39 is 0 Å². The topological polar surface area (TPSA) is 37.4 Å². The van der Waals surface area contributed by atoms with Crippen LogP contribution in [0.1, 0.15) is 12.8 Å². The summed E-state index contributed by atoms with van der Waals surface area (Å²) in [6, 6.07) is 0. The van der Waals surface area contributed by atoms with Gasteiger partial charge in [0.25, 0.3) is 0 Å². The first-order valence-electron chi connectivity index (χ1n) is 3.34. The van der Waals surface area contributed by atoms with Crippen LogP contribution in [-0.4, -0.2) is 23.3 Å². The van der Waals surface area contributed by atoms with E-state index in [1.165, 1.54) is 10.4 Å². The molecule has 1 saturated heterocycles. The first-order valence-corrected chi connectivity index (χ1v) is 3.78. The molecule has 0 N–H and O–H groups in total. The molecule has 0 aromatic rings. The Morgan fingerprint density at radius 3 is 2.36 bits per heavy atom. The molecule has 2 amide bonds. The molecule has 4 heteroatoms. The molecule has 0 saturated carbocycles. The zero-order chi connectivity index (χ0) is 8.27. The summed E-state index contributed by atoms with van der Waals surface area (Å²) in [5, 5.41) is 0. The normalized spacial score (nSPS) is 18.8. The van der Waals surface area contributed by atoms with Gasteiger partial charge in [-0.3, -0.25) is 14.5 Å². The lowest BCUT2D eigenvalue weighted by Gasteiger charge is -2.09. The van der Waals surface area contributed by atoms with Gasteiger partial charge in [0, 0.05) is 24.9 Å². The van der Waals surface area contributed by atoms with Crippen LogP contribution in [0.25, 0.3) is 0 Å². The van der Waals surface area contributed by atoms with Crippen molar-refractivity contribution >= 4 is 23.4 Å². The lowest BCUT2D eigenvalue weighted by molar-refractivity contribution is -0.137. The molecular weight excluding hydrogens is 166 g/mol. The zero-order valence-corrected chi connectivity index (χ0v) is 6.67. The van der Waals surface area contributed by atoms with Crippen LogP contribution in [0.2, 0.25) is 0 Å². The number of hydrogen-bond acceptors (Lipinski definition) is 2. The first-order chi connectivity index (χ1) is 5.25. The van der Waals surface area contributed by atoms with Gasteiger partial charge in [-0.05, 0) is 0 Å². The number of likely N-dealkylation sites (tertiary alicyclic amines) is 1. The molecule has 0 aromatic carbocycles. The van der Waals surface area contributed by atoms with Crippen molar-refractivity contribution in [3.8, 4) is 0 Å². The third-order valence-electron chi connectivity index (χ3n) is 1.53. The lowest BCUT2D eigenvalue weighted by atomic mass is 10.4. The highest BCUT2D eigenvalue weighted by molar-refractivity contribution is 6.25. The van der Waals surface area contributed by atoms with Gasteiger partial charge in [0.1, 0.15) is 0 Å². The van der Waals surface area contributed by atoms with Crippen LogP contribution < -0.4 is 0 Å². The van der Waals surface area contributed by atoms with Crippen LogP contribution in [0.5, 0.6) is 0 Å². The second kappa shape index (κ2) is 3.53. The Labute approximate surface area is 69.6 Å². The van der Waals surface area contributed by atoms with Crippen LogP contribution in [0.4, 0.5) is 0 Å². The number of carbonyl (C=O) groups is 2. The molecule has 1 aliphatic heterocycles. The summed E-state index contributed by atoms with van der Waals surface area (Å²) in [7, 11) is 0. The summed E-state index contributed by atoms with van der Waals surface area (Å²) in [5.74, 6) is -0.213. The molecule has 3 nitrogen and oxygen atoms in total. The molecule has 0 atom stereocenters. The quantitative estimate of drug-likeness (QED) is 0.582. The van der Waals surface area contributed by atoms with Crippen LogP contribution in [0, 0.1) is 0 Å². The van der Waals surface area contributed by atoms with Crippen molar-refractivity contribution in [3.05, 3.63) is 11.6 Å². The molecule has 0 bridgehead atoms. The molecule has 1 fully saturated rings. The van der Waals surface area contributed by atoms with Crippen molar-refractivity contribution in [2.24, 2.45) is 0 Å². The fraction of sp³-hybridized carbons (Fsp3) is 0.429. The van der Waals surface area contributed by atoms with E-state index in [2.05, 4.69) is 0 Å². The number of carbonyl (C=O) groups excluding carboxylic acids is 2. The zero-order valence-electron chi connectivity index (χ0n) is 5.92. The smallest absolute Gasteiger partial charge is 0.229 e. The fourth-order valence-electron chi connectivity index (χ4n) is 0.972. The van der Waals surface area contributed by atoms with Crippen LogP contribution in [0.3, 0.4) is 0 Å². The summed E-state index contributed by atoms with van der Waals surface area (Å²) >= 11 is 5.25. The second-order valence-corrected chi connectivity index (χ2v) is 2.51. The Morgan fingerprint density at radius 2 is 1.91 bits per heavy atom. The third-order valence-corrected chi connectivity index (χ3v) is 1.71. The lowest BCUT2D eigenvalue weighted by Crippen LogP contribution is -2.28. The first kappa shape index (κ1) is 8.27. The van der Waals surface area contributed by atoms with Crippen molar-refractivity contribution < 1.29 is 9.59 Å². The minimum Gasteiger partial charge on any atom is -0.279 e. The summed E-state index contributed by atoms with van der Waals surface area (Å²) in [4.78, 5) is 23.0. The molecule has 0 aromatic heterocycles. The largest absolute Gasteiger partial charge is 0.279 e. The highest BCUT2D eigenvalue weighted by Gasteiger charge is 2.27. The van der Waals surface area contributed by atoms with Gasteiger partial charge in [-0.15, -0.1) is 0 Å². The van der Waals surface area contributed by atoms with Gasteiger partial charge < -0.3 is 0 Å². The Kier molecular flexibility index (Phi) is 2.65. The molecule has 0 unspecified atom stereocenters. The van der Waals surface area contributed by atoms with Crippen molar-refractivity contribution in [2.45, 2.75) is 12.8 Å². The third kappa shape index (κ3) is 1.80. The minimum absolute atomic E-state index is 0.107. The standard InChI is InChI=1S/C7H8ClNO2/c8-4-1-5-9-6(10)2-3-7(9)11/h1,4H,2-3,5H2/b4-1+. The van der Waals surface area contributed by atoms with Gasteiger partial charge in [-0.2, -0.15) is 0 Å². The van der Waals surface area contributed by atoms with Gasteiger partial charge in [0.15, 0.2) is 0 Å². The summed E-state index contributed by atoms with van der Waals surface area (Å²) in [5.41, 5.74) is 1.30. The molecule has 0 spiro atoms. The van der Waals surface area contributed by atoms with Crippen molar-refractivity contribution in [2.75, 3.05) is 6.54 Å². The number of hydrogen-bond donors (Lipinski definition) is 0. The molecule has 0 aliphatic carbocycles. The minimum atomic E-state index is -0.107. The van der Waals surface area contributed by atoms with E-state index in [0.29, 0.717) is 19.4 Å². The number of rotatable bonds is 2. The average molecular weight is 174 g/mol. The summed E-state index contributed by atoms with van der Waals surface area (Å²) in [6.45, 7) is 0.307. The van der Waals surface area contributed by atoms with E-state index >= 15 is 0 Å². The van der Waals surface area contributed by atoms with E-state index in [-0.39, 0.29) is 11.8 Å². The van der Waals surface area contributed by atoms with E-state index in [1.54, 1.807) is 6.08 Å². The predicted octanol–water partition coefficient (Wildman–Crippen LogP) is 0.888. The van der Waals surface area contributed by atoms with Gasteiger partial charge in [0.05, 0.1) is 0 Å². The molecule has 11 heavy (non-hydrogen) atoms. The Bertz CT molecular complexity index is 196. The van der Waals surface area contributed by atoms with Crippen LogP contribution >= 0.6 is 11.6 Å². The van der Waals surface area contributed by atoms with Crippen molar-refractivity contribution in [1.82, 2.24) is 4.90 Å². The van der Waals surface area contributed by atoms with Gasteiger partial charge in [0.2, 0.25) is 11.8 Å². The molecule has 60 valence electrons. The van der Waals surface area contributed by atoms with E-state index in [0.717, 1.165) is 0 Å². The molecule has 0 radical (unpaired) electrons. The number of halogens is 1. The van der Waals surface area contributed by atoms with Crippen LogP contribution in [0.15, 0.2) is 11.6 Å². The maximum Gasteiger partial charge on any atom is 0.229 e. The van der Waals surface area contributed by atoms with E-state index in [4.69, 9.17) is 11.6 Å². The molecule has 1 rings (SSSR count).